The summed E-state index contributed by atoms with van der Waals surface area (Å²) in [6, 6.07) is 7.06. The van der Waals surface area contributed by atoms with Gasteiger partial charge in [-0.25, -0.2) is 19.7 Å². The Bertz CT molecular complexity index is 1600. The molecule has 0 aromatic heterocycles. The predicted molar refractivity (Wildman–Crippen MR) is 183 cm³/mol. The van der Waals surface area contributed by atoms with Gasteiger partial charge in [-0.1, -0.05) is 56.3 Å². The molecule has 2 aromatic rings. The van der Waals surface area contributed by atoms with Crippen LogP contribution in [0.3, 0.4) is 0 Å². The average molecular weight is 730 g/mol. The third kappa shape index (κ3) is 13.8. The molecule has 11 N–H and O–H groups in total. The summed E-state index contributed by atoms with van der Waals surface area (Å²) in [5, 5.41) is 37.2. The standard InChI is InChI=1S/C32H43N9O11/c1-18(2)26(28(45)37-23(30(47)48)15-19-10-12-21(42)13-11-19)39-27(44)24(9-6-14-36-31(34)35)40(41(50)51)29(46)22(16-25(33)43)38-32(49)52-17-20-7-4-3-5-8-20/h3-5,7-8,10-13,18,22-24,26,42H,6,9,14-17H2,1-2H3,(H2,33,43)(H,37,45)(H,38,49)(H,39,44)(H,47,48)(H4,34,35,36)/t22-,23-,24-,26-/m0/s1. The van der Waals surface area contributed by atoms with Gasteiger partial charge in [0.1, 0.15) is 30.5 Å². The van der Waals surface area contributed by atoms with Crippen LogP contribution >= 0.6 is 0 Å². The minimum Gasteiger partial charge on any atom is -0.508 e. The SMILES string of the molecule is CC(C)[C@H](NC(=O)[C@H](CCCN=C(N)N)N(C(=O)[C@H](CC(N)=O)NC(=O)OCc1ccccc1)[N+](=O)[O-])C(=O)N[C@@H](Cc1ccc(O)cc1)C(=O)O. The fourth-order valence-corrected chi connectivity index (χ4v) is 4.79. The molecule has 2 rings (SSSR count). The molecule has 0 radical (unpaired) electrons. The quantitative estimate of drug-likeness (QED) is 0.0274. The summed E-state index contributed by atoms with van der Waals surface area (Å²) in [7, 11) is 0. The van der Waals surface area contributed by atoms with Gasteiger partial charge in [-0.05, 0) is 47.0 Å². The second-order valence-corrected chi connectivity index (χ2v) is 11.8. The molecule has 282 valence electrons. The number of guanidine groups is 1. The lowest BCUT2D eigenvalue weighted by atomic mass is 10.00. The normalized spacial score (nSPS) is 13.0. The van der Waals surface area contributed by atoms with Crippen LogP contribution in [0.1, 0.15) is 44.2 Å². The van der Waals surface area contributed by atoms with Crippen LogP contribution in [0, 0.1) is 16.0 Å². The minimum absolute atomic E-state index is 0.0583. The van der Waals surface area contributed by atoms with Crippen molar-refractivity contribution >= 4 is 41.7 Å². The number of primary amides is 1. The molecule has 0 aliphatic carbocycles. The first-order chi connectivity index (χ1) is 24.5. The highest BCUT2D eigenvalue weighted by molar-refractivity contribution is 5.95. The van der Waals surface area contributed by atoms with Gasteiger partial charge in [0.15, 0.2) is 17.0 Å². The fraction of sp³-hybridized carbons (Fsp3) is 0.406. The first kappa shape index (κ1) is 41.7. The number of nitrogens with two attached hydrogens (primary N) is 3. The van der Waals surface area contributed by atoms with Gasteiger partial charge in [-0.2, -0.15) is 0 Å². The smallest absolute Gasteiger partial charge is 0.408 e. The Labute approximate surface area is 297 Å². The maximum absolute atomic E-state index is 13.8. The number of hydrogen-bond donors (Lipinski definition) is 8. The van der Waals surface area contributed by atoms with E-state index in [9.17, 15) is 49.1 Å². The number of phenolic OH excluding ortho intramolecular Hbond substituents is 1. The molecular formula is C32H43N9O11. The number of hydrogen-bond acceptors (Lipinski definition) is 11. The number of carboxylic acid groups (broad SMARTS) is 1. The van der Waals surface area contributed by atoms with Crippen molar-refractivity contribution in [3.8, 4) is 5.75 Å². The van der Waals surface area contributed by atoms with Gasteiger partial charge in [0.25, 0.3) is 0 Å². The fourth-order valence-electron chi connectivity index (χ4n) is 4.79. The van der Waals surface area contributed by atoms with E-state index in [0.717, 1.165) is 0 Å². The highest BCUT2D eigenvalue weighted by atomic mass is 16.7. The number of ether oxygens (including phenoxy) is 1. The number of carbonyl (C=O) groups is 6. The summed E-state index contributed by atoms with van der Waals surface area (Å²) in [5.74, 6) is -7.31. The lowest BCUT2D eigenvalue weighted by Crippen LogP contribution is -2.61. The first-order valence-electron chi connectivity index (χ1n) is 15.9. The van der Waals surface area contributed by atoms with Crippen molar-refractivity contribution in [3.63, 3.8) is 0 Å². The van der Waals surface area contributed by atoms with Gasteiger partial charge in [-0.3, -0.25) is 24.2 Å². The first-order valence-corrected chi connectivity index (χ1v) is 15.9. The molecule has 0 aliphatic rings. The predicted octanol–water partition coefficient (Wildman–Crippen LogP) is -0.742. The summed E-state index contributed by atoms with van der Waals surface area (Å²) < 4.78 is 5.08. The maximum Gasteiger partial charge on any atom is 0.408 e. The molecule has 0 saturated carbocycles. The molecule has 0 aliphatic heterocycles. The number of rotatable bonds is 20. The van der Waals surface area contributed by atoms with E-state index in [2.05, 4.69) is 20.9 Å². The van der Waals surface area contributed by atoms with Gasteiger partial charge in [0.2, 0.25) is 17.7 Å². The third-order valence-electron chi connectivity index (χ3n) is 7.38. The van der Waals surface area contributed by atoms with Crippen molar-refractivity contribution in [2.75, 3.05) is 6.54 Å². The third-order valence-corrected chi connectivity index (χ3v) is 7.38. The Balaban J connectivity index is 2.38. The number of benzene rings is 2. The number of nitrogens with one attached hydrogen (secondary N) is 3. The van der Waals surface area contributed by atoms with Crippen LogP contribution in [0.4, 0.5) is 4.79 Å². The summed E-state index contributed by atoms with van der Waals surface area (Å²) in [4.78, 5) is 93.6. The number of alkyl carbamates (subject to hydrolysis) is 1. The van der Waals surface area contributed by atoms with E-state index in [0.29, 0.717) is 11.1 Å². The summed E-state index contributed by atoms with van der Waals surface area (Å²) >= 11 is 0. The number of phenols is 1. The number of aromatic hydroxyl groups is 1. The number of aliphatic imine (C=N–C) groups is 1. The Morgan fingerprint density at radius 3 is 2.08 bits per heavy atom. The van der Waals surface area contributed by atoms with Crippen LogP contribution in [0.15, 0.2) is 59.6 Å². The van der Waals surface area contributed by atoms with Crippen LogP contribution in [0.5, 0.6) is 5.75 Å². The molecule has 2 aromatic carbocycles. The molecular weight excluding hydrogens is 686 g/mol. The van der Waals surface area contributed by atoms with Crippen molar-refractivity contribution in [1.29, 1.82) is 0 Å². The van der Waals surface area contributed by atoms with Crippen molar-refractivity contribution < 1.29 is 48.7 Å². The Morgan fingerprint density at radius 2 is 1.54 bits per heavy atom. The van der Waals surface area contributed by atoms with E-state index in [-0.39, 0.29) is 42.7 Å². The van der Waals surface area contributed by atoms with Crippen molar-refractivity contribution in [2.24, 2.45) is 28.1 Å². The van der Waals surface area contributed by atoms with E-state index in [4.69, 9.17) is 21.9 Å². The summed E-state index contributed by atoms with van der Waals surface area (Å²) in [6.45, 7) is 2.64. The average Bonchev–Trinajstić information content (AvgIpc) is 3.07. The van der Waals surface area contributed by atoms with Gasteiger partial charge < -0.3 is 48.1 Å². The highest BCUT2D eigenvalue weighted by Gasteiger charge is 2.44. The molecule has 0 fully saturated rings. The molecule has 5 amide bonds. The lowest BCUT2D eigenvalue weighted by molar-refractivity contribution is -0.640. The zero-order valence-electron chi connectivity index (χ0n) is 28.5. The lowest BCUT2D eigenvalue weighted by Gasteiger charge is -2.29. The van der Waals surface area contributed by atoms with Crippen LogP contribution in [0.25, 0.3) is 0 Å². The zero-order chi connectivity index (χ0) is 39.0. The van der Waals surface area contributed by atoms with E-state index in [1.54, 1.807) is 30.3 Å². The van der Waals surface area contributed by atoms with Gasteiger partial charge in [-0.15, -0.1) is 0 Å². The number of hydrazine groups is 1. The van der Waals surface area contributed by atoms with E-state index in [1.807, 2.05) is 0 Å². The van der Waals surface area contributed by atoms with Crippen LogP contribution in [-0.2, 0) is 41.7 Å². The van der Waals surface area contributed by atoms with Gasteiger partial charge in [0.05, 0.1) is 6.42 Å². The molecule has 52 heavy (non-hydrogen) atoms. The largest absolute Gasteiger partial charge is 0.508 e. The highest BCUT2D eigenvalue weighted by Crippen LogP contribution is 2.16. The van der Waals surface area contributed by atoms with E-state index in [1.165, 1.54) is 38.1 Å². The summed E-state index contributed by atoms with van der Waals surface area (Å²) in [6.07, 6.45) is -2.90. The molecule has 4 atom stereocenters. The van der Waals surface area contributed by atoms with Gasteiger partial charge >= 0.3 is 18.0 Å². The molecule has 0 spiro atoms. The Kier molecular flexibility index (Phi) is 16.2. The molecule has 0 bridgehead atoms. The maximum atomic E-state index is 13.8. The van der Waals surface area contributed by atoms with Crippen LogP contribution in [-0.4, -0.2) is 92.6 Å². The monoisotopic (exact) mass is 729 g/mol. The molecule has 0 unspecified atom stereocenters. The van der Waals surface area contributed by atoms with Crippen molar-refractivity contribution in [1.82, 2.24) is 21.0 Å². The molecule has 20 heteroatoms. The minimum atomic E-state index is -1.98. The number of nitrogens with zero attached hydrogens (tertiary/aromatic N) is 3. The van der Waals surface area contributed by atoms with Gasteiger partial charge in [0, 0.05) is 13.0 Å². The Hall–Kier alpha value is -6.47. The van der Waals surface area contributed by atoms with Crippen molar-refractivity contribution in [2.45, 2.75) is 70.3 Å². The zero-order valence-corrected chi connectivity index (χ0v) is 28.5. The second kappa shape index (κ2) is 20.3. The number of nitro groups is 1. The van der Waals surface area contributed by atoms with E-state index >= 15 is 0 Å². The van der Waals surface area contributed by atoms with Crippen LogP contribution in [0.2, 0.25) is 0 Å². The number of aliphatic carboxylic acids is 1. The molecule has 0 saturated heterocycles. The van der Waals surface area contributed by atoms with Crippen LogP contribution < -0.4 is 33.2 Å². The number of amides is 5. The second-order valence-electron chi connectivity index (χ2n) is 11.8. The van der Waals surface area contributed by atoms with Crippen molar-refractivity contribution in [3.05, 3.63) is 75.8 Å². The van der Waals surface area contributed by atoms with E-state index < -0.39 is 83.7 Å². The molecule has 0 heterocycles. The summed E-state index contributed by atoms with van der Waals surface area (Å²) in [5.41, 5.74) is 17.0. The Morgan fingerprint density at radius 1 is 0.904 bits per heavy atom. The number of carboxylic acids is 1. The number of carbonyl (C=O) groups excluding carboxylic acids is 5. The topological polar surface area (TPSA) is 325 Å². The molecule has 20 nitrogen and oxygen atoms in total.